The summed E-state index contributed by atoms with van der Waals surface area (Å²) >= 11 is 6.09. The van der Waals surface area contributed by atoms with Gasteiger partial charge in [0.1, 0.15) is 5.82 Å². The minimum absolute atomic E-state index is 0.0678. The summed E-state index contributed by atoms with van der Waals surface area (Å²) in [5.74, 6) is -0.809. The summed E-state index contributed by atoms with van der Waals surface area (Å²) in [5, 5.41) is 0.139. The van der Waals surface area contributed by atoms with Gasteiger partial charge in [-0.2, -0.15) is 0 Å². The first kappa shape index (κ1) is 20.9. The molecule has 0 fully saturated rings. The van der Waals surface area contributed by atoms with Gasteiger partial charge in [-0.3, -0.25) is 9.52 Å². The highest BCUT2D eigenvalue weighted by atomic mass is 35.5. The van der Waals surface area contributed by atoms with Crippen molar-refractivity contribution in [3.63, 3.8) is 0 Å². The van der Waals surface area contributed by atoms with Gasteiger partial charge in [-0.1, -0.05) is 23.8 Å². The van der Waals surface area contributed by atoms with Crippen molar-refractivity contribution in [1.82, 2.24) is 4.90 Å². The van der Waals surface area contributed by atoms with Crippen molar-refractivity contribution in [3.8, 4) is 0 Å². The molecule has 0 aliphatic heterocycles. The van der Waals surface area contributed by atoms with Gasteiger partial charge in [0.25, 0.3) is 15.9 Å². The lowest BCUT2D eigenvalue weighted by Crippen LogP contribution is -2.32. The predicted octanol–water partition coefficient (Wildman–Crippen LogP) is 4.32. The first-order valence-electron chi connectivity index (χ1n) is 8.15. The van der Waals surface area contributed by atoms with Crippen LogP contribution in [0.15, 0.2) is 59.5 Å². The van der Waals surface area contributed by atoms with Crippen LogP contribution in [0.5, 0.6) is 0 Å². The molecule has 0 atom stereocenters. The molecule has 0 aliphatic carbocycles. The number of carbonyl (C=O) groups is 1. The third kappa shape index (κ3) is 5.30. The largest absolute Gasteiger partial charge is 0.335 e. The fourth-order valence-corrected chi connectivity index (χ4v) is 3.68. The van der Waals surface area contributed by atoms with Gasteiger partial charge in [-0.15, -0.1) is 0 Å². The molecule has 1 N–H and O–H groups in total. The zero-order chi connectivity index (χ0) is 20.2. The minimum atomic E-state index is -3.98. The molecule has 0 spiro atoms. The van der Waals surface area contributed by atoms with Crippen molar-refractivity contribution < 1.29 is 17.6 Å². The van der Waals surface area contributed by atoms with E-state index in [0.29, 0.717) is 18.7 Å². The summed E-state index contributed by atoms with van der Waals surface area (Å²) in [6, 6.07) is 8.75. The Balaban J connectivity index is 2.33. The smallest absolute Gasteiger partial charge is 0.261 e. The number of nitrogens with zero attached hydrogens (tertiary/aromatic N) is 1. The maximum absolute atomic E-state index is 13.0. The van der Waals surface area contributed by atoms with Crippen molar-refractivity contribution in [3.05, 3.63) is 71.0 Å². The Morgan fingerprint density at radius 3 is 2.41 bits per heavy atom. The molecule has 0 bridgehead atoms. The number of nitrogens with one attached hydrogen (secondary N) is 1. The van der Waals surface area contributed by atoms with Crippen LogP contribution < -0.4 is 4.72 Å². The number of amides is 1. The summed E-state index contributed by atoms with van der Waals surface area (Å²) in [6.07, 6.45) is 0. The van der Waals surface area contributed by atoms with E-state index in [1.807, 2.05) is 13.8 Å². The van der Waals surface area contributed by atoms with E-state index in [-0.39, 0.29) is 21.5 Å². The van der Waals surface area contributed by atoms with Crippen molar-refractivity contribution in [1.29, 1.82) is 0 Å². The molecule has 2 aromatic carbocycles. The van der Waals surface area contributed by atoms with Gasteiger partial charge in [0.2, 0.25) is 0 Å². The minimum Gasteiger partial charge on any atom is -0.335 e. The Bertz CT molecular complexity index is 959. The topological polar surface area (TPSA) is 66.5 Å². The van der Waals surface area contributed by atoms with Gasteiger partial charge in [0, 0.05) is 18.7 Å². The lowest BCUT2D eigenvalue weighted by molar-refractivity contribution is 0.0778. The SMILES string of the molecule is C=C(C)CN(CC)C(=O)c1ccc(Cl)c(NS(=O)(=O)c2ccc(F)cc2)c1. The molecule has 144 valence electrons. The molecular formula is C19H20ClFN2O3S. The monoisotopic (exact) mass is 410 g/mol. The van der Waals surface area contributed by atoms with Crippen molar-refractivity contribution in [2.24, 2.45) is 0 Å². The normalized spacial score (nSPS) is 11.1. The van der Waals surface area contributed by atoms with E-state index < -0.39 is 15.8 Å². The van der Waals surface area contributed by atoms with Crippen molar-refractivity contribution in [2.75, 3.05) is 17.8 Å². The average molecular weight is 411 g/mol. The molecule has 0 radical (unpaired) electrons. The summed E-state index contributed by atoms with van der Waals surface area (Å²) in [6.45, 7) is 8.34. The number of rotatable bonds is 7. The molecule has 5 nitrogen and oxygen atoms in total. The molecule has 0 aliphatic rings. The third-order valence-electron chi connectivity index (χ3n) is 3.71. The Kier molecular flexibility index (Phi) is 6.62. The Labute approximate surface area is 163 Å². The van der Waals surface area contributed by atoms with E-state index in [4.69, 9.17) is 11.6 Å². The van der Waals surface area contributed by atoms with Gasteiger partial charge in [-0.05, 0) is 56.3 Å². The van der Waals surface area contributed by atoms with Crippen LogP contribution in [0.3, 0.4) is 0 Å². The van der Waals surface area contributed by atoms with Crippen LogP contribution in [-0.4, -0.2) is 32.3 Å². The van der Waals surface area contributed by atoms with E-state index in [0.717, 1.165) is 29.8 Å². The van der Waals surface area contributed by atoms with Crippen LogP contribution >= 0.6 is 11.6 Å². The van der Waals surface area contributed by atoms with Gasteiger partial charge in [0.05, 0.1) is 15.6 Å². The van der Waals surface area contributed by atoms with Crippen LogP contribution in [0.25, 0.3) is 0 Å². The van der Waals surface area contributed by atoms with Crippen molar-refractivity contribution in [2.45, 2.75) is 18.7 Å². The zero-order valence-electron chi connectivity index (χ0n) is 15.0. The average Bonchev–Trinajstić information content (AvgIpc) is 2.61. The second kappa shape index (κ2) is 8.54. The van der Waals surface area contributed by atoms with E-state index in [9.17, 15) is 17.6 Å². The molecule has 1 amide bonds. The van der Waals surface area contributed by atoms with Crippen LogP contribution in [0.2, 0.25) is 5.02 Å². The molecule has 8 heteroatoms. The van der Waals surface area contributed by atoms with Crippen LogP contribution in [0, 0.1) is 5.82 Å². The zero-order valence-corrected chi connectivity index (χ0v) is 16.6. The summed E-state index contributed by atoms with van der Waals surface area (Å²) in [4.78, 5) is 14.1. The number of benzene rings is 2. The molecule has 2 rings (SSSR count). The first-order chi connectivity index (χ1) is 12.6. The van der Waals surface area contributed by atoms with Crippen LogP contribution in [0.1, 0.15) is 24.2 Å². The molecule has 2 aromatic rings. The molecular weight excluding hydrogens is 391 g/mol. The van der Waals surface area contributed by atoms with Gasteiger partial charge < -0.3 is 4.90 Å². The Hall–Kier alpha value is -2.38. The van der Waals surface area contributed by atoms with Gasteiger partial charge >= 0.3 is 0 Å². The first-order valence-corrected chi connectivity index (χ1v) is 10.0. The fraction of sp³-hybridized carbons (Fsp3) is 0.211. The number of hydrogen-bond donors (Lipinski definition) is 1. The number of halogens is 2. The lowest BCUT2D eigenvalue weighted by Gasteiger charge is -2.21. The third-order valence-corrected chi connectivity index (χ3v) is 5.42. The van der Waals surface area contributed by atoms with E-state index in [1.54, 1.807) is 4.90 Å². The fourth-order valence-electron chi connectivity index (χ4n) is 2.39. The van der Waals surface area contributed by atoms with Gasteiger partial charge in [0.15, 0.2) is 0 Å². The highest BCUT2D eigenvalue weighted by molar-refractivity contribution is 7.92. The number of anilines is 1. The van der Waals surface area contributed by atoms with E-state index in [2.05, 4.69) is 11.3 Å². The van der Waals surface area contributed by atoms with E-state index >= 15 is 0 Å². The maximum atomic E-state index is 13.0. The summed E-state index contributed by atoms with van der Waals surface area (Å²) < 4.78 is 40.3. The molecule has 0 aromatic heterocycles. The molecule has 0 unspecified atom stereocenters. The van der Waals surface area contributed by atoms with Crippen molar-refractivity contribution >= 4 is 33.2 Å². The Morgan fingerprint density at radius 2 is 1.85 bits per heavy atom. The lowest BCUT2D eigenvalue weighted by atomic mass is 10.1. The molecule has 0 saturated carbocycles. The predicted molar refractivity (Wildman–Crippen MR) is 105 cm³/mol. The highest BCUT2D eigenvalue weighted by Crippen LogP contribution is 2.26. The standard InChI is InChI=1S/C19H20ClFN2O3S/c1-4-23(12-13(2)3)19(24)14-5-10-17(20)18(11-14)22-27(25,26)16-8-6-15(21)7-9-16/h5-11,22H,2,4,12H2,1,3H3. The Morgan fingerprint density at radius 1 is 1.22 bits per heavy atom. The quantitative estimate of drug-likeness (QED) is 0.691. The second-order valence-corrected chi connectivity index (χ2v) is 8.12. The van der Waals surface area contributed by atoms with Gasteiger partial charge in [-0.25, -0.2) is 12.8 Å². The number of sulfonamides is 1. The van der Waals surface area contributed by atoms with Crippen LogP contribution in [0.4, 0.5) is 10.1 Å². The van der Waals surface area contributed by atoms with E-state index in [1.165, 1.54) is 18.2 Å². The number of likely N-dealkylation sites (N-methyl/N-ethyl adjacent to an activating group) is 1. The summed E-state index contributed by atoms with van der Waals surface area (Å²) in [5.41, 5.74) is 1.19. The number of hydrogen-bond acceptors (Lipinski definition) is 3. The second-order valence-electron chi connectivity index (χ2n) is 6.03. The maximum Gasteiger partial charge on any atom is 0.261 e. The summed E-state index contributed by atoms with van der Waals surface area (Å²) in [7, 11) is -3.98. The van der Waals surface area contributed by atoms with Crippen LogP contribution in [-0.2, 0) is 10.0 Å². The molecule has 0 saturated heterocycles. The highest BCUT2D eigenvalue weighted by Gasteiger charge is 2.19. The number of carbonyl (C=O) groups excluding carboxylic acids is 1. The molecule has 0 heterocycles. The molecule has 27 heavy (non-hydrogen) atoms.